The number of rotatable bonds is 3. The fraction of sp³-hybridized carbons (Fsp3) is 0.778. The van der Waals surface area contributed by atoms with Gasteiger partial charge in [0.1, 0.15) is 0 Å². The van der Waals surface area contributed by atoms with Gasteiger partial charge in [0.15, 0.2) is 11.3 Å². The van der Waals surface area contributed by atoms with Gasteiger partial charge in [0.2, 0.25) is 0 Å². The van der Waals surface area contributed by atoms with E-state index in [1.807, 2.05) is 11.8 Å². The summed E-state index contributed by atoms with van der Waals surface area (Å²) in [5.41, 5.74) is 4.82. The van der Waals surface area contributed by atoms with Crippen LogP contribution in [-0.2, 0) is 0 Å². The Balaban J connectivity index is 1.52. The lowest BCUT2D eigenvalue weighted by Crippen LogP contribution is -2.59. The lowest BCUT2D eigenvalue weighted by molar-refractivity contribution is -0.0459. The Morgan fingerprint density at radius 1 is 1.08 bits per heavy atom. The van der Waals surface area contributed by atoms with E-state index in [4.69, 9.17) is 5.10 Å². The SMILES string of the molecule is CSC1NN=C(c2sc(C)nc2C)N1C1C2CC3CC(C2)CC1C3. The molecule has 1 N–H and O–H groups in total. The molecule has 4 nitrogen and oxygen atoms in total. The largest absolute Gasteiger partial charge is 0.320 e. The van der Waals surface area contributed by atoms with E-state index < -0.39 is 0 Å². The minimum absolute atomic E-state index is 0.282. The van der Waals surface area contributed by atoms with Gasteiger partial charge in [-0.15, -0.1) is 23.1 Å². The summed E-state index contributed by atoms with van der Waals surface area (Å²) in [4.78, 5) is 8.57. The molecule has 4 bridgehead atoms. The highest BCUT2D eigenvalue weighted by Gasteiger charge is 2.53. The van der Waals surface area contributed by atoms with Crippen LogP contribution in [0.15, 0.2) is 5.10 Å². The fourth-order valence-electron chi connectivity index (χ4n) is 6.07. The highest BCUT2D eigenvalue weighted by atomic mass is 32.2. The van der Waals surface area contributed by atoms with E-state index in [1.54, 1.807) is 11.3 Å². The summed E-state index contributed by atoms with van der Waals surface area (Å²) in [6.45, 7) is 4.23. The molecule has 6 heteroatoms. The van der Waals surface area contributed by atoms with Crippen molar-refractivity contribution in [3.05, 3.63) is 15.6 Å². The summed E-state index contributed by atoms with van der Waals surface area (Å²) in [6, 6.07) is 0.672. The number of thiazole rings is 1. The summed E-state index contributed by atoms with van der Waals surface area (Å²) >= 11 is 3.68. The monoisotopic (exact) mass is 362 g/mol. The molecule has 1 aromatic heterocycles. The molecule has 0 amide bonds. The molecule has 0 saturated heterocycles. The van der Waals surface area contributed by atoms with Crippen molar-refractivity contribution in [2.75, 3.05) is 6.26 Å². The highest BCUT2D eigenvalue weighted by Crippen LogP contribution is 2.56. The van der Waals surface area contributed by atoms with E-state index in [1.165, 1.54) is 37.0 Å². The van der Waals surface area contributed by atoms with Crippen molar-refractivity contribution < 1.29 is 0 Å². The zero-order chi connectivity index (χ0) is 16.4. The quantitative estimate of drug-likeness (QED) is 0.888. The Labute approximate surface area is 152 Å². The maximum atomic E-state index is 4.79. The molecule has 1 atom stereocenters. The molecule has 0 spiro atoms. The second-order valence-electron chi connectivity index (χ2n) is 8.13. The van der Waals surface area contributed by atoms with Crippen LogP contribution < -0.4 is 5.43 Å². The standard InChI is InChI=1S/C18H26N4S2/c1-9-16(24-10(2)19-9)17-20-21-18(23-3)22(17)15-13-5-11-4-12(7-13)8-14(15)6-11/h11-15,18,21H,4-8H2,1-3H3. The fourth-order valence-corrected chi connectivity index (χ4v) is 7.61. The Morgan fingerprint density at radius 3 is 2.29 bits per heavy atom. The molecule has 2 heterocycles. The number of thioether (sulfide) groups is 1. The zero-order valence-electron chi connectivity index (χ0n) is 14.7. The minimum atomic E-state index is 0.282. The van der Waals surface area contributed by atoms with Crippen molar-refractivity contribution in [3.63, 3.8) is 0 Å². The van der Waals surface area contributed by atoms with Crippen LogP contribution in [0.4, 0.5) is 0 Å². The highest BCUT2D eigenvalue weighted by molar-refractivity contribution is 7.99. The number of amidine groups is 1. The maximum Gasteiger partial charge on any atom is 0.170 e. The van der Waals surface area contributed by atoms with Gasteiger partial charge in [-0.05, 0) is 75.9 Å². The van der Waals surface area contributed by atoms with Gasteiger partial charge in [0.25, 0.3) is 0 Å². The van der Waals surface area contributed by atoms with Gasteiger partial charge in [-0.2, -0.15) is 5.10 Å². The summed E-state index contributed by atoms with van der Waals surface area (Å²) < 4.78 is 0. The second-order valence-corrected chi connectivity index (χ2v) is 10.2. The molecule has 1 aliphatic heterocycles. The van der Waals surface area contributed by atoms with Gasteiger partial charge < -0.3 is 4.90 Å². The van der Waals surface area contributed by atoms with E-state index >= 15 is 0 Å². The first-order chi connectivity index (χ1) is 11.6. The van der Waals surface area contributed by atoms with Gasteiger partial charge in [0.05, 0.1) is 15.6 Å². The molecule has 1 unspecified atom stereocenters. The third kappa shape index (κ3) is 2.25. The van der Waals surface area contributed by atoms with Crippen LogP contribution in [0.1, 0.15) is 47.7 Å². The van der Waals surface area contributed by atoms with Crippen molar-refractivity contribution in [3.8, 4) is 0 Å². The number of hydrogen-bond acceptors (Lipinski definition) is 6. The first-order valence-corrected chi connectivity index (χ1v) is 11.3. The molecule has 5 aliphatic rings. The summed E-state index contributed by atoms with van der Waals surface area (Å²) in [5.74, 6) is 4.93. The average Bonchev–Trinajstić information content (AvgIpc) is 3.09. The van der Waals surface area contributed by atoms with Gasteiger partial charge in [-0.1, -0.05) is 0 Å². The summed E-state index contributed by atoms with van der Waals surface area (Å²) in [6.07, 6.45) is 9.50. The number of nitrogens with one attached hydrogen (secondary N) is 1. The van der Waals surface area contributed by atoms with Crippen LogP contribution in [0, 0.1) is 37.5 Å². The molecule has 0 aromatic carbocycles. The molecule has 130 valence electrons. The van der Waals surface area contributed by atoms with Crippen molar-refractivity contribution in [2.45, 2.75) is 57.5 Å². The topological polar surface area (TPSA) is 40.5 Å². The minimum Gasteiger partial charge on any atom is -0.320 e. The molecule has 6 rings (SSSR count). The number of aryl methyl sites for hydroxylation is 2. The van der Waals surface area contributed by atoms with E-state index in [-0.39, 0.29) is 5.50 Å². The first kappa shape index (κ1) is 15.5. The molecule has 0 radical (unpaired) electrons. The number of hydrogen-bond donors (Lipinski definition) is 1. The Morgan fingerprint density at radius 2 is 1.75 bits per heavy atom. The van der Waals surface area contributed by atoms with Crippen molar-refractivity contribution >= 4 is 28.9 Å². The number of aromatic nitrogens is 1. The number of hydrazone groups is 1. The Bertz CT molecular complexity index is 655. The van der Waals surface area contributed by atoms with Crippen LogP contribution >= 0.6 is 23.1 Å². The van der Waals surface area contributed by atoms with Crippen molar-refractivity contribution in [1.82, 2.24) is 15.3 Å². The number of nitrogens with zero attached hydrogens (tertiary/aromatic N) is 3. The predicted molar refractivity (Wildman–Crippen MR) is 101 cm³/mol. The lowest BCUT2D eigenvalue weighted by atomic mass is 9.54. The van der Waals surface area contributed by atoms with E-state index in [2.05, 4.69) is 35.4 Å². The smallest absolute Gasteiger partial charge is 0.170 e. The second kappa shape index (κ2) is 5.63. The van der Waals surface area contributed by atoms with Crippen LogP contribution in [-0.4, -0.2) is 33.5 Å². The zero-order valence-corrected chi connectivity index (χ0v) is 16.3. The molecular formula is C18H26N4S2. The first-order valence-electron chi connectivity index (χ1n) is 9.22. The van der Waals surface area contributed by atoms with E-state index in [9.17, 15) is 0 Å². The van der Waals surface area contributed by atoms with Gasteiger partial charge in [-0.3, -0.25) is 5.43 Å². The molecule has 4 aliphatic carbocycles. The third-order valence-corrected chi connectivity index (χ3v) is 8.45. The molecule has 4 fully saturated rings. The Kier molecular flexibility index (Phi) is 3.64. The van der Waals surface area contributed by atoms with Crippen LogP contribution in [0.5, 0.6) is 0 Å². The van der Waals surface area contributed by atoms with Gasteiger partial charge in [0, 0.05) is 6.04 Å². The summed E-state index contributed by atoms with van der Waals surface area (Å²) in [5, 5.41) is 5.93. The summed E-state index contributed by atoms with van der Waals surface area (Å²) in [7, 11) is 0. The van der Waals surface area contributed by atoms with Crippen LogP contribution in [0.2, 0.25) is 0 Å². The molecular weight excluding hydrogens is 336 g/mol. The normalized spacial score (nSPS) is 40.1. The molecule has 1 aromatic rings. The van der Waals surface area contributed by atoms with E-state index in [0.29, 0.717) is 6.04 Å². The molecule has 4 saturated carbocycles. The van der Waals surface area contributed by atoms with Crippen molar-refractivity contribution in [1.29, 1.82) is 0 Å². The van der Waals surface area contributed by atoms with Crippen molar-refractivity contribution in [2.24, 2.45) is 28.8 Å². The van der Waals surface area contributed by atoms with Gasteiger partial charge >= 0.3 is 0 Å². The van der Waals surface area contributed by atoms with Crippen LogP contribution in [0.3, 0.4) is 0 Å². The van der Waals surface area contributed by atoms with E-state index in [0.717, 1.165) is 40.2 Å². The van der Waals surface area contributed by atoms with Gasteiger partial charge in [-0.25, -0.2) is 4.98 Å². The maximum absolute atomic E-state index is 4.79. The van der Waals surface area contributed by atoms with Crippen LogP contribution in [0.25, 0.3) is 0 Å². The predicted octanol–water partition coefficient (Wildman–Crippen LogP) is 3.80. The average molecular weight is 363 g/mol. The lowest BCUT2D eigenvalue weighted by Gasteiger charge is -2.57. The molecule has 24 heavy (non-hydrogen) atoms. The Hall–Kier alpha value is -0.750. The third-order valence-electron chi connectivity index (χ3n) is 6.61.